The van der Waals surface area contributed by atoms with Crippen LogP contribution in [0.3, 0.4) is 0 Å². The molecule has 7 nitrogen and oxygen atoms in total. The lowest BCUT2D eigenvalue weighted by Crippen LogP contribution is -2.54. The first-order valence-electron chi connectivity index (χ1n) is 13.1. The standard InChI is InChI=1S/C30H34BrCl2N3O4S/c1-5-21(3)34-30(38)28(17-22-10-7-6-8-11-22)35(18-24-26(32)12-9-13-27(24)33)29(37)19-36(41(4,39)40)23-14-15-25(31)20(2)16-23/h6-16,21,28H,5,17-19H2,1-4H3,(H,34,38)/t21-,28-/m1/s1. The van der Waals surface area contributed by atoms with Crippen LogP contribution in [-0.2, 0) is 32.6 Å². The third kappa shape index (κ3) is 8.95. The molecule has 0 fully saturated rings. The summed E-state index contributed by atoms with van der Waals surface area (Å²) in [7, 11) is -3.88. The number of hydrogen-bond donors (Lipinski definition) is 1. The first kappa shape index (κ1) is 32.9. The number of hydrogen-bond acceptors (Lipinski definition) is 4. The van der Waals surface area contributed by atoms with Crippen molar-refractivity contribution in [3.8, 4) is 0 Å². The fourth-order valence-corrected chi connectivity index (χ4v) is 5.85. The van der Waals surface area contributed by atoms with E-state index >= 15 is 0 Å². The second kappa shape index (κ2) is 14.5. The third-order valence-corrected chi connectivity index (χ3v) is 9.51. The van der Waals surface area contributed by atoms with E-state index in [1.165, 1.54) is 4.90 Å². The van der Waals surface area contributed by atoms with Crippen LogP contribution in [0.25, 0.3) is 0 Å². The molecule has 0 bridgehead atoms. The second-order valence-electron chi connectivity index (χ2n) is 9.95. The minimum atomic E-state index is -3.88. The zero-order valence-electron chi connectivity index (χ0n) is 23.4. The molecule has 0 spiro atoms. The van der Waals surface area contributed by atoms with Crippen LogP contribution in [0.4, 0.5) is 5.69 Å². The average Bonchev–Trinajstić information content (AvgIpc) is 2.92. The van der Waals surface area contributed by atoms with E-state index in [0.29, 0.717) is 27.7 Å². The molecule has 41 heavy (non-hydrogen) atoms. The van der Waals surface area contributed by atoms with Crippen LogP contribution >= 0.6 is 39.1 Å². The molecule has 0 aromatic heterocycles. The molecule has 0 unspecified atom stereocenters. The Morgan fingerprint density at radius 1 is 1.00 bits per heavy atom. The molecule has 0 aliphatic carbocycles. The number of amides is 2. The number of nitrogens with one attached hydrogen (secondary N) is 1. The van der Waals surface area contributed by atoms with Gasteiger partial charge in [0.1, 0.15) is 12.6 Å². The molecular weight excluding hydrogens is 649 g/mol. The summed E-state index contributed by atoms with van der Waals surface area (Å²) in [6.07, 6.45) is 1.94. The van der Waals surface area contributed by atoms with Gasteiger partial charge in [-0.25, -0.2) is 8.42 Å². The lowest BCUT2D eigenvalue weighted by Gasteiger charge is -2.34. The van der Waals surface area contributed by atoms with Crippen LogP contribution < -0.4 is 9.62 Å². The van der Waals surface area contributed by atoms with Crippen molar-refractivity contribution in [1.29, 1.82) is 0 Å². The molecule has 3 rings (SSSR count). The highest BCUT2D eigenvalue weighted by atomic mass is 79.9. The molecule has 0 aliphatic rings. The highest BCUT2D eigenvalue weighted by Crippen LogP contribution is 2.29. The summed E-state index contributed by atoms with van der Waals surface area (Å²) in [4.78, 5) is 29.3. The Balaban J connectivity index is 2.12. The van der Waals surface area contributed by atoms with E-state index in [9.17, 15) is 18.0 Å². The Morgan fingerprint density at radius 2 is 1.63 bits per heavy atom. The summed E-state index contributed by atoms with van der Waals surface area (Å²) in [5, 5.41) is 3.66. The molecule has 1 N–H and O–H groups in total. The van der Waals surface area contributed by atoms with Crippen molar-refractivity contribution in [2.24, 2.45) is 0 Å². The van der Waals surface area contributed by atoms with Crippen molar-refractivity contribution in [3.63, 3.8) is 0 Å². The number of nitrogens with zero attached hydrogens (tertiary/aromatic N) is 2. The lowest BCUT2D eigenvalue weighted by atomic mass is 10.0. The Hall–Kier alpha value is -2.59. The number of benzene rings is 3. The molecule has 2 atom stereocenters. The van der Waals surface area contributed by atoms with Gasteiger partial charge in [-0.3, -0.25) is 13.9 Å². The highest BCUT2D eigenvalue weighted by Gasteiger charge is 2.34. The summed E-state index contributed by atoms with van der Waals surface area (Å²) >= 11 is 16.4. The van der Waals surface area contributed by atoms with Crippen LogP contribution in [0.2, 0.25) is 10.0 Å². The Kier molecular flexibility index (Phi) is 11.7. The average molecular weight is 683 g/mol. The van der Waals surface area contributed by atoms with Gasteiger partial charge in [-0.05, 0) is 61.7 Å². The molecule has 0 saturated carbocycles. The Bertz CT molecular complexity index is 1470. The van der Waals surface area contributed by atoms with Crippen molar-refractivity contribution in [2.45, 2.75) is 52.2 Å². The fourth-order valence-electron chi connectivity index (χ4n) is 4.25. The van der Waals surface area contributed by atoms with E-state index in [1.807, 2.05) is 51.1 Å². The zero-order chi connectivity index (χ0) is 30.3. The molecule has 0 heterocycles. The van der Waals surface area contributed by atoms with Crippen LogP contribution in [-0.4, -0.2) is 50.0 Å². The summed E-state index contributed by atoms with van der Waals surface area (Å²) in [6.45, 7) is 5.05. The van der Waals surface area contributed by atoms with Gasteiger partial charge in [-0.1, -0.05) is 82.5 Å². The van der Waals surface area contributed by atoms with Gasteiger partial charge in [0.05, 0.1) is 11.9 Å². The quantitative estimate of drug-likeness (QED) is 0.240. The van der Waals surface area contributed by atoms with E-state index in [-0.39, 0.29) is 24.9 Å². The van der Waals surface area contributed by atoms with Gasteiger partial charge < -0.3 is 10.2 Å². The number of rotatable bonds is 12. The number of halogens is 3. The van der Waals surface area contributed by atoms with Gasteiger partial charge in [0, 0.05) is 39.1 Å². The van der Waals surface area contributed by atoms with Crippen molar-refractivity contribution < 1.29 is 18.0 Å². The van der Waals surface area contributed by atoms with Crippen molar-refractivity contribution >= 4 is 66.7 Å². The third-order valence-electron chi connectivity index (χ3n) is 6.77. The van der Waals surface area contributed by atoms with Gasteiger partial charge >= 0.3 is 0 Å². The lowest BCUT2D eigenvalue weighted by molar-refractivity contribution is -0.140. The minimum Gasteiger partial charge on any atom is -0.352 e. The summed E-state index contributed by atoms with van der Waals surface area (Å²) < 4.78 is 27.8. The van der Waals surface area contributed by atoms with Crippen LogP contribution in [0.1, 0.15) is 37.0 Å². The van der Waals surface area contributed by atoms with Crippen molar-refractivity contribution in [1.82, 2.24) is 10.2 Å². The van der Waals surface area contributed by atoms with Crippen molar-refractivity contribution in [3.05, 3.63) is 97.9 Å². The van der Waals surface area contributed by atoms with E-state index < -0.39 is 28.5 Å². The predicted octanol–water partition coefficient (Wildman–Crippen LogP) is 6.39. The summed E-state index contributed by atoms with van der Waals surface area (Å²) in [5.41, 5.74) is 2.44. The van der Waals surface area contributed by atoms with E-state index in [2.05, 4.69) is 21.2 Å². The van der Waals surface area contributed by atoms with Crippen LogP contribution in [0.5, 0.6) is 0 Å². The monoisotopic (exact) mass is 681 g/mol. The van der Waals surface area contributed by atoms with Gasteiger partial charge in [-0.15, -0.1) is 0 Å². The van der Waals surface area contributed by atoms with Crippen molar-refractivity contribution in [2.75, 3.05) is 17.1 Å². The highest BCUT2D eigenvalue weighted by molar-refractivity contribution is 9.10. The topological polar surface area (TPSA) is 86.8 Å². The first-order valence-corrected chi connectivity index (χ1v) is 16.5. The van der Waals surface area contributed by atoms with Gasteiger partial charge in [0.2, 0.25) is 21.8 Å². The molecule has 2 amide bonds. The van der Waals surface area contributed by atoms with E-state index in [4.69, 9.17) is 23.2 Å². The smallest absolute Gasteiger partial charge is 0.244 e. The maximum Gasteiger partial charge on any atom is 0.244 e. The van der Waals surface area contributed by atoms with Crippen LogP contribution in [0, 0.1) is 6.92 Å². The molecule has 0 aliphatic heterocycles. The maximum absolute atomic E-state index is 14.2. The van der Waals surface area contributed by atoms with E-state index in [0.717, 1.165) is 26.2 Å². The molecule has 11 heteroatoms. The fraction of sp³-hybridized carbons (Fsp3) is 0.333. The molecular formula is C30H34BrCl2N3O4S. The van der Waals surface area contributed by atoms with E-state index in [1.54, 1.807) is 36.4 Å². The SMILES string of the molecule is CC[C@@H](C)NC(=O)[C@@H](Cc1ccccc1)N(Cc1c(Cl)cccc1Cl)C(=O)CN(c1ccc(Br)c(C)c1)S(C)(=O)=O. The van der Waals surface area contributed by atoms with Crippen LogP contribution in [0.15, 0.2) is 71.2 Å². The second-order valence-corrected chi connectivity index (χ2v) is 13.5. The van der Waals surface area contributed by atoms with Gasteiger partial charge in [0.25, 0.3) is 0 Å². The Morgan fingerprint density at radius 3 is 2.20 bits per heavy atom. The predicted molar refractivity (Wildman–Crippen MR) is 170 cm³/mol. The summed E-state index contributed by atoms with van der Waals surface area (Å²) in [6, 6.07) is 18.3. The zero-order valence-corrected chi connectivity index (χ0v) is 27.3. The van der Waals surface area contributed by atoms with Gasteiger partial charge in [0.15, 0.2) is 0 Å². The first-order chi connectivity index (χ1) is 19.3. The minimum absolute atomic E-state index is 0.0975. The summed E-state index contributed by atoms with van der Waals surface area (Å²) in [5.74, 6) is -0.933. The molecule has 3 aromatic carbocycles. The number of carbonyl (C=O) groups is 2. The largest absolute Gasteiger partial charge is 0.352 e. The van der Waals surface area contributed by atoms with Gasteiger partial charge in [-0.2, -0.15) is 0 Å². The normalized spacial score (nSPS) is 12.9. The number of sulfonamides is 1. The molecule has 0 saturated heterocycles. The molecule has 220 valence electrons. The molecule has 0 radical (unpaired) electrons. The molecule has 3 aromatic rings. The maximum atomic E-state index is 14.2. The number of aryl methyl sites for hydroxylation is 1. The number of carbonyl (C=O) groups excluding carboxylic acids is 2. The Labute approximate surface area is 261 Å². The number of anilines is 1.